The number of aliphatic hydroxyl groups excluding tert-OH is 5. The molecular formula is C8H16O6. The zero-order chi connectivity index (χ0) is 10.9. The van der Waals surface area contributed by atoms with Gasteiger partial charge in [-0.25, -0.2) is 0 Å². The number of hydrogen-bond donors (Lipinski definition) is 5. The molecule has 1 heterocycles. The van der Waals surface area contributed by atoms with Crippen molar-refractivity contribution in [1.82, 2.24) is 0 Å². The Morgan fingerprint density at radius 2 is 1.64 bits per heavy atom. The molecule has 14 heavy (non-hydrogen) atoms. The fourth-order valence-corrected chi connectivity index (χ4v) is 1.44. The first-order valence-electron chi connectivity index (χ1n) is 4.54. The van der Waals surface area contributed by atoms with Crippen molar-refractivity contribution in [2.75, 3.05) is 0 Å². The van der Waals surface area contributed by atoms with Crippen LogP contribution in [-0.4, -0.2) is 62.3 Å². The maximum atomic E-state index is 9.42. The second-order valence-corrected chi connectivity index (χ2v) is 3.44. The van der Waals surface area contributed by atoms with E-state index in [1.54, 1.807) is 6.92 Å². The lowest BCUT2D eigenvalue weighted by Crippen LogP contribution is -2.60. The SMILES string of the molecule is CCC(O)C1OC(O)C(O)C(O)C1O. The van der Waals surface area contributed by atoms with Gasteiger partial charge in [0.1, 0.15) is 24.4 Å². The summed E-state index contributed by atoms with van der Waals surface area (Å²) in [5, 5.41) is 46.3. The molecule has 0 radical (unpaired) electrons. The molecule has 1 aliphatic heterocycles. The van der Waals surface area contributed by atoms with Gasteiger partial charge in [-0.2, -0.15) is 0 Å². The zero-order valence-electron chi connectivity index (χ0n) is 7.82. The van der Waals surface area contributed by atoms with Gasteiger partial charge in [0.05, 0.1) is 6.10 Å². The van der Waals surface area contributed by atoms with Crippen molar-refractivity contribution in [3.05, 3.63) is 0 Å². The van der Waals surface area contributed by atoms with Crippen LogP contribution in [0.5, 0.6) is 0 Å². The van der Waals surface area contributed by atoms with Crippen LogP contribution < -0.4 is 0 Å². The largest absolute Gasteiger partial charge is 0.390 e. The molecule has 1 fully saturated rings. The molecule has 1 saturated heterocycles. The van der Waals surface area contributed by atoms with Crippen LogP contribution in [0.3, 0.4) is 0 Å². The first kappa shape index (κ1) is 11.8. The molecule has 0 saturated carbocycles. The lowest BCUT2D eigenvalue weighted by Gasteiger charge is -2.40. The summed E-state index contributed by atoms with van der Waals surface area (Å²) in [6.45, 7) is 1.67. The van der Waals surface area contributed by atoms with E-state index in [0.29, 0.717) is 6.42 Å². The van der Waals surface area contributed by atoms with E-state index in [9.17, 15) is 15.3 Å². The molecule has 0 aromatic rings. The number of hydrogen-bond acceptors (Lipinski definition) is 6. The summed E-state index contributed by atoms with van der Waals surface area (Å²) in [5.74, 6) is 0. The summed E-state index contributed by atoms with van der Waals surface area (Å²) >= 11 is 0. The molecule has 0 aromatic carbocycles. The normalized spacial score (nSPS) is 46.3. The minimum atomic E-state index is -1.58. The van der Waals surface area contributed by atoms with Crippen LogP contribution >= 0.6 is 0 Å². The molecule has 0 aromatic heterocycles. The first-order chi connectivity index (χ1) is 6.49. The highest BCUT2D eigenvalue weighted by molar-refractivity contribution is 4.91. The Hall–Kier alpha value is -0.240. The molecule has 6 unspecified atom stereocenters. The van der Waals surface area contributed by atoms with Gasteiger partial charge in [0, 0.05) is 0 Å². The minimum Gasteiger partial charge on any atom is -0.390 e. The summed E-state index contributed by atoms with van der Waals surface area (Å²) in [7, 11) is 0. The first-order valence-corrected chi connectivity index (χ1v) is 4.54. The third-order valence-corrected chi connectivity index (χ3v) is 2.42. The zero-order valence-corrected chi connectivity index (χ0v) is 7.82. The number of rotatable bonds is 2. The van der Waals surface area contributed by atoms with Crippen LogP contribution in [0.4, 0.5) is 0 Å². The van der Waals surface area contributed by atoms with Gasteiger partial charge in [-0.05, 0) is 6.42 Å². The summed E-state index contributed by atoms with van der Waals surface area (Å²) in [5.41, 5.74) is 0. The Kier molecular flexibility index (Phi) is 3.82. The lowest BCUT2D eigenvalue weighted by atomic mass is 9.94. The summed E-state index contributed by atoms with van der Waals surface area (Å²) < 4.78 is 4.78. The summed E-state index contributed by atoms with van der Waals surface area (Å²) in [6.07, 6.45) is -7.79. The van der Waals surface area contributed by atoms with Gasteiger partial charge in [0.2, 0.25) is 0 Å². The predicted molar refractivity (Wildman–Crippen MR) is 45.2 cm³/mol. The molecule has 5 N–H and O–H groups in total. The van der Waals surface area contributed by atoms with Gasteiger partial charge >= 0.3 is 0 Å². The monoisotopic (exact) mass is 208 g/mol. The van der Waals surface area contributed by atoms with E-state index in [4.69, 9.17) is 14.9 Å². The van der Waals surface area contributed by atoms with Gasteiger partial charge in [-0.3, -0.25) is 0 Å². The molecule has 0 aliphatic carbocycles. The Morgan fingerprint density at radius 1 is 1.07 bits per heavy atom. The van der Waals surface area contributed by atoms with Crippen LogP contribution in [0.15, 0.2) is 0 Å². The Bertz CT molecular complexity index is 187. The molecule has 6 heteroatoms. The van der Waals surface area contributed by atoms with Crippen molar-refractivity contribution < 1.29 is 30.3 Å². The van der Waals surface area contributed by atoms with Crippen molar-refractivity contribution in [3.8, 4) is 0 Å². The third kappa shape index (κ3) is 2.05. The van der Waals surface area contributed by atoms with Crippen molar-refractivity contribution in [2.45, 2.75) is 50.2 Å². The highest BCUT2D eigenvalue weighted by Gasteiger charge is 2.45. The maximum absolute atomic E-state index is 9.42. The van der Waals surface area contributed by atoms with Crippen molar-refractivity contribution in [3.63, 3.8) is 0 Å². The molecular weight excluding hydrogens is 192 g/mol. The smallest absolute Gasteiger partial charge is 0.184 e. The second kappa shape index (κ2) is 4.52. The molecule has 1 rings (SSSR count). The highest BCUT2D eigenvalue weighted by Crippen LogP contribution is 2.22. The van der Waals surface area contributed by atoms with Gasteiger partial charge in [0.25, 0.3) is 0 Å². The van der Waals surface area contributed by atoms with E-state index < -0.39 is 36.8 Å². The fraction of sp³-hybridized carbons (Fsp3) is 1.00. The summed E-state index contributed by atoms with van der Waals surface area (Å²) in [6, 6.07) is 0. The van der Waals surface area contributed by atoms with Gasteiger partial charge < -0.3 is 30.3 Å². The van der Waals surface area contributed by atoms with E-state index >= 15 is 0 Å². The molecule has 6 nitrogen and oxygen atoms in total. The lowest BCUT2D eigenvalue weighted by molar-refractivity contribution is -0.296. The Balaban J connectivity index is 2.70. The molecule has 0 bridgehead atoms. The van der Waals surface area contributed by atoms with Crippen molar-refractivity contribution >= 4 is 0 Å². The second-order valence-electron chi connectivity index (χ2n) is 3.44. The van der Waals surface area contributed by atoms with Crippen LogP contribution in [0.25, 0.3) is 0 Å². The molecule has 84 valence electrons. The average molecular weight is 208 g/mol. The van der Waals surface area contributed by atoms with Crippen LogP contribution in [0.1, 0.15) is 13.3 Å². The van der Waals surface area contributed by atoms with Crippen molar-refractivity contribution in [1.29, 1.82) is 0 Å². The van der Waals surface area contributed by atoms with Gasteiger partial charge in [-0.1, -0.05) is 6.92 Å². The quantitative estimate of drug-likeness (QED) is 0.345. The topological polar surface area (TPSA) is 110 Å². The van der Waals surface area contributed by atoms with E-state index in [1.165, 1.54) is 0 Å². The molecule has 6 atom stereocenters. The average Bonchev–Trinajstić information content (AvgIpc) is 2.19. The van der Waals surface area contributed by atoms with Crippen LogP contribution in [0, 0.1) is 0 Å². The van der Waals surface area contributed by atoms with E-state index in [-0.39, 0.29) is 0 Å². The molecule has 0 spiro atoms. The highest BCUT2D eigenvalue weighted by atomic mass is 16.6. The van der Waals surface area contributed by atoms with E-state index in [1.807, 2.05) is 0 Å². The molecule has 1 aliphatic rings. The Labute approximate surface area is 81.4 Å². The van der Waals surface area contributed by atoms with Crippen LogP contribution in [0.2, 0.25) is 0 Å². The van der Waals surface area contributed by atoms with E-state index in [2.05, 4.69) is 0 Å². The van der Waals surface area contributed by atoms with Crippen molar-refractivity contribution in [2.24, 2.45) is 0 Å². The molecule has 0 amide bonds. The van der Waals surface area contributed by atoms with Gasteiger partial charge in [-0.15, -0.1) is 0 Å². The Morgan fingerprint density at radius 3 is 2.14 bits per heavy atom. The standard InChI is InChI=1S/C8H16O6/c1-2-3(9)7-5(11)4(10)6(12)8(13)14-7/h3-13H,2H2,1H3. The van der Waals surface area contributed by atoms with E-state index in [0.717, 1.165) is 0 Å². The summed E-state index contributed by atoms with van der Waals surface area (Å²) in [4.78, 5) is 0. The number of aliphatic hydroxyl groups is 5. The third-order valence-electron chi connectivity index (χ3n) is 2.42. The minimum absolute atomic E-state index is 0.317. The maximum Gasteiger partial charge on any atom is 0.184 e. The fourth-order valence-electron chi connectivity index (χ4n) is 1.44. The van der Waals surface area contributed by atoms with Crippen LogP contribution in [-0.2, 0) is 4.74 Å². The number of ether oxygens (including phenoxy) is 1. The predicted octanol–water partition coefficient (Wildman–Crippen LogP) is -2.44. The van der Waals surface area contributed by atoms with Gasteiger partial charge in [0.15, 0.2) is 6.29 Å².